The molecule has 9 rings (SSSR count). The number of amides is 6. The van der Waals surface area contributed by atoms with E-state index in [1.54, 1.807) is 47.5 Å². The van der Waals surface area contributed by atoms with E-state index in [0.29, 0.717) is 94.7 Å². The van der Waals surface area contributed by atoms with Crippen LogP contribution in [0.15, 0.2) is 101 Å². The molecule has 0 saturated heterocycles. The predicted molar refractivity (Wildman–Crippen MR) is 319 cm³/mol. The molecule has 3 atom stereocenters. The Kier molecular flexibility index (Phi) is 18.7. The van der Waals surface area contributed by atoms with Gasteiger partial charge in [-0.3, -0.25) is 38.7 Å². The number of carbonyl (C=O) groups excluding carboxylic acids is 6. The van der Waals surface area contributed by atoms with Crippen LogP contribution >= 0.6 is 0 Å². The van der Waals surface area contributed by atoms with E-state index in [1.807, 2.05) is 73.3 Å². The summed E-state index contributed by atoms with van der Waals surface area (Å²) < 4.78 is 24.5. The second kappa shape index (κ2) is 25.9. The molecule has 5 aromatic carbocycles. The Morgan fingerprint density at radius 3 is 1.99 bits per heavy atom. The van der Waals surface area contributed by atoms with Crippen molar-refractivity contribution in [2.45, 2.75) is 116 Å². The average Bonchev–Trinajstić information content (AvgIpc) is 4.19. The van der Waals surface area contributed by atoms with E-state index in [2.05, 4.69) is 57.7 Å². The van der Waals surface area contributed by atoms with Gasteiger partial charge in [0.25, 0.3) is 11.8 Å². The van der Waals surface area contributed by atoms with Gasteiger partial charge in [-0.05, 0) is 117 Å². The molecule has 8 N–H and O–H groups in total. The number of benzene rings is 5. The first-order valence-corrected chi connectivity index (χ1v) is 27.7. The molecular formula is C62H74N10O11. The molecule has 438 valence electrons. The van der Waals surface area contributed by atoms with Gasteiger partial charge < -0.3 is 61.3 Å². The zero-order valence-electron chi connectivity index (χ0n) is 48.0. The summed E-state index contributed by atoms with van der Waals surface area (Å²) in [5, 5.41) is 18.4. The van der Waals surface area contributed by atoms with Gasteiger partial charge in [0.15, 0.2) is 23.0 Å². The minimum absolute atomic E-state index is 0. The smallest absolute Gasteiger partial charge is 0.261 e. The summed E-state index contributed by atoms with van der Waals surface area (Å²) in [6.45, 7) is 13.9. The number of nitrogens with zero attached hydrogens (tertiary/aromatic N) is 4. The molecule has 0 fully saturated rings. The van der Waals surface area contributed by atoms with Crippen molar-refractivity contribution in [3.63, 3.8) is 0 Å². The summed E-state index contributed by atoms with van der Waals surface area (Å²) in [6.07, 6.45) is 5.20. The number of para-hydroxylation sites is 2. The van der Waals surface area contributed by atoms with E-state index in [1.165, 1.54) is 21.1 Å². The largest absolute Gasteiger partial charge is 0.493 e. The summed E-state index contributed by atoms with van der Waals surface area (Å²) in [7, 11) is 3.01. The van der Waals surface area contributed by atoms with Gasteiger partial charge in [0, 0.05) is 74.5 Å². The zero-order chi connectivity index (χ0) is 58.3. The van der Waals surface area contributed by atoms with Crippen LogP contribution in [0.3, 0.4) is 0 Å². The van der Waals surface area contributed by atoms with Crippen molar-refractivity contribution in [2.75, 3.05) is 54.3 Å². The molecule has 6 amide bonds. The van der Waals surface area contributed by atoms with Crippen molar-refractivity contribution >= 4 is 76.8 Å². The Morgan fingerprint density at radius 2 is 1.34 bits per heavy atom. The number of ether oxygens (including phenoxy) is 4. The molecule has 4 heterocycles. The maximum atomic E-state index is 14.1. The molecule has 4 aliphatic heterocycles. The van der Waals surface area contributed by atoms with Gasteiger partial charge in [-0.25, -0.2) is 0 Å². The standard InChI is InChI=1S/C62H72N10O10.H2O/c1-37(68-57(75)34-67-56(74)20-14-13-19-55(73)64-22-21-61(2,3)62(4,5)70-63-6)58(76)69-42-24-38(35-81-53-30-47-45(28-51(53)79-7)59(77)71-43(32-65-47)26-40-15-9-11-17-49(40)71)23-39(25-42)36-82-54-31-48-46(29-52(54)80-8)60(78)72-44(33-66-48)27-41-16-10-12-18-50(41)72;/h9-12,15-18,23-25,28-32,37,43-44,66,70H,6,13-14,19-22,26-27,33-36H2,1-5,7-8H3,(H,64,73)(H,67,74)(H,68,75)(H,69,76);1H2/t37?,43-,44?;/m0./s1. The van der Waals surface area contributed by atoms with Crippen LogP contribution < -0.4 is 60.8 Å². The number of aliphatic imine (C=N–C) groups is 1. The average molecular weight is 1140 g/mol. The Hall–Kier alpha value is -8.98. The van der Waals surface area contributed by atoms with Gasteiger partial charge in [-0.1, -0.05) is 50.2 Å². The predicted octanol–water partition coefficient (Wildman–Crippen LogP) is 6.96. The number of hydrogen-bond acceptors (Lipinski definition) is 14. The lowest BCUT2D eigenvalue weighted by molar-refractivity contribution is -0.128. The highest BCUT2D eigenvalue weighted by molar-refractivity contribution is 6.15. The first kappa shape index (κ1) is 60.1. The Balaban J connectivity index is 0.00000900. The zero-order valence-corrected chi connectivity index (χ0v) is 48.0. The Bertz CT molecular complexity index is 3330. The number of carbonyl (C=O) groups is 6. The number of rotatable bonds is 24. The quantitative estimate of drug-likeness (QED) is 0.0208. The van der Waals surface area contributed by atoms with Gasteiger partial charge in [0.2, 0.25) is 23.6 Å². The number of hydrogen-bond donors (Lipinski definition) is 6. The highest BCUT2D eigenvalue weighted by Gasteiger charge is 2.40. The first-order chi connectivity index (χ1) is 39.4. The van der Waals surface area contributed by atoms with Crippen LogP contribution in [0.25, 0.3) is 0 Å². The van der Waals surface area contributed by atoms with E-state index < -0.39 is 17.9 Å². The molecule has 4 aliphatic rings. The van der Waals surface area contributed by atoms with Crippen molar-refractivity contribution < 1.29 is 53.2 Å². The van der Waals surface area contributed by atoms with Crippen LogP contribution in [-0.4, -0.2) is 111 Å². The fourth-order valence-electron chi connectivity index (χ4n) is 10.6. The molecular weight excluding hydrogens is 1060 g/mol. The summed E-state index contributed by atoms with van der Waals surface area (Å²) in [4.78, 5) is 88.6. The summed E-state index contributed by atoms with van der Waals surface area (Å²) in [5.74, 6) is -0.531. The first-order valence-electron chi connectivity index (χ1n) is 27.7. The van der Waals surface area contributed by atoms with E-state index in [4.69, 9.17) is 23.9 Å². The molecule has 0 bridgehead atoms. The van der Waals surface area contributed by atoms with Crippen LogP contribution in [0.5, 0.6) is 23.0 Å². The summed E-state index contributed by atoms with van der Waals surface area (Å²) >= 11 is 0. The van der Waals surface area contributed by atoms with Crippen molar-refractivity contribution in [2.24, 2.45) is 15.5 Å². The van der Waals surface area contributed by atoms with Crippen molar-refractivity contribution in [1.29, 1.82) is 0 Å². The van der Waals surface area contributed by atoms with Gasteiger partial charge >= 0.3 is 0 Å². The lowest BCUT2D eigenvalue weighted by Crippen LogP contribution is -2.50. The van der Waals surface area contributed by atoms with Crippen LogP contribution in [0.1, 0.15) is 110 Å². The van der Waals surface area contributed by atoms with E-state index >= 15 is 0 Å². The molecule has 0 aliphatic carbocycles. The summed E-state index contributed by atoms with van der Waals surface area (Å²) in [6, 6.07) is 26.5. The molecule has 0 spiro atoms. The van der Waals surface area contributed by atoms with E-state index in [-0.39, 0.29) is 84.7 Å². The van der Waals surface area contributed by atoms with Gasteiger partial charge in [0.05, 0.1) is 60.9 Å². The second-order valence-electron chi connectivity index (χ2n) is 22.2. The monoisotopic (exact) mass is 1130 g/mol. The van der Waals surface area contributed by atoms with Crippen LogP contribution in [-0.2, 0) is 45.2 Å². The van der Waals surface area contributed by atoms with Gasteiger partial charge in [-0.2, -0.15) is 5.10 Å². The molecule has 0 saturated carbocycles. The fourth-order valence-corrected chi connectivity index (χ4v) is 10.6. The topological polar surface area (TPSA) is 274 Å². The van der Waals surface area contributed by atoms with E-state index in [9.17, 15) is 28.8 Å². The molecule has 0 aromatic heterocycles. The molecule has 21 nitrogen and oxygen atoms in total. The van der Waals surface area contributed by atoms with Crippen LogP contribution in [0, 0.1) is 5.41 Å². The highest BCUT2D eigenvalue weighted by Crippen LogP contribution is 2.43. The fraction of sp³-hybridized carbons (Fsp3) is 0.387. The van der Waals surface area contributed by atoms with Gasteiger partial charge in [0.1, 0.15) is 19.3 Å². The van der Waals surface area contributed by atoms with Crippen molar-refractivity contribution in [3.05, 3.63) is 124 Å². The third kappa shape index (κ3) is 13.5. The number of unbranched alkanes of at least 4 members (excludes halogenated alkanes) is 1. The minimum atomic E-state index is -1.02. The Labute approximate surface area is 483 Å². The third-order valence-corrected chi connectivity index (χ3v) is 16.0. The van der Waals surface area contributed by atoms with Crippen LogP contribution in [0.2, 0.25) is 0 Å². The maximum absolute atomic E-state index is 14.1. The maximum Gasteiger partial charge on any atom is 0.261 e. The minimum Gasteiger partial charge on any atom is -0.493 e. The van der Waals surface area contributed by atoms with Gasteiger partial charge in [-0.15, -0.1) is 0 Å². The molecule has 5 aromatic rings. The molecule has 83 heavy (non-hydrogen) atoms. The number of methoxy groups -OCH3 is 2. The lowest BCUT2D eigenvalue weighted by atomic mass is 9.72. The number of nitrogens with one attached hydrogen (secondary N) is 6. The van der Waals surface area contributed by atoms with Crippen molar-refractivity contribution in [1.82, 2.24) is 21.4 Å². The normalized spacial score (nSPS) is 15.8. The van der Waals surface area contributed by atoms with Crippen molar-refractivity contribution in [3.8, 4) is 23.0 Å². The molecule has 2 unspecified atom stereocenters. The molecule has 21 heteroatoms. The van der Waals surface area contributed by atoms with E-state index in [0.717, 1.165) is 35.3 Å². The summed E-state index contributed by atoms with van der Waals surface area (Å²) in [5.41, 5.74) is 9.91. The van der Waals surface area contributed by atoms with Crippen LogP contribution in [0.4, 0.5) is 28.4 Å². The highest BCUT2D eigenvalue weighted by atomic mass is 16.5. The number of anilines is 4. The molecule has 0 radical (unpaired) electrons. The number of fused-ring (bicyclic) bond motifs is 8. The second-order valence-corrected chi connectivity index (χ2v) is 22.2. The number of hydrazone groups is 1. The lowest BCUT2D eigenvalue weighted by Gasteiger charge is -2.41. The third-order valence-electron chi connectivity index (χ3n) is 16.0. The Morgan fingerprint density at radius 1 is 0.747 bits per heavy atom. The SMILES string of the molecule is C=NNC(C)(C)C(C)(C)CCNC(=O)CCCCC(=O)NCC(=O)NC(C)C(=O)Nc1cc(COc2cc3c(cc2OC)C(=O)N2c4ccccc4C[C@H]2C=N3)cc(COc2cc3c(cc2OC)C(=O)N2c4ccccc4CC2CN3)c1.O.